The fourth-order valence-electron chi connectivity index (χ4n) is 1.59. The van der Waals surface area contributed by atoms with Crippen LogP contribution in [-0.4, -0.2) is 12.6 Å². The predicted molar refractivity (Wildman–Crippen MR) is 64.6 cm³/mol. The van der Waals surface area contributed by atoms with Gasteiger partial charge in [-0.2, -0.15) is 0 Å². The second-order valence-corrected chi connectivity index (χ2v) is 4.39. The highest BCUT2D eigenvalue weighted by Crippen LogP contribution is 2.27. The minimum Gasteiger partial charge on any atom is -0.460 e. The zero-order valence-corrected chi connectivity index (χ0v) is 10.6. The maximum atomic E-state index is 11.5. The van der Waals surface area contributed by atoms with Crippen molar-refractivity contribution in [2.75, 3.05) is 6.61 Å². The first-order valence-electron chi connectivity index (χ1n) is 4.98. The van der Waals surface area contributed by atoms with Crippen LogP contribution in [0.3, 0.4) is 0 Å². The highest BCUT2D eigenvalue weighted by molar-refractivity contribution is 9.10. The molecule has 1 aromatic carbocycles. The summed E-state index contributed by atoms with van der Waals surface area (Å²) in [6.45, 7) is 4.05. The maximum Gasteiger partial charge on any atom is 0.374 e. The highest BCUT2D eigenvalue weighted by Gasteiger charge is 2.14. The molecule has 4 heteroatoms. The molecule has 84 valence electrons. The van der Waals surface area contributed by atoms with Crippen LogP contribution in [0.1, 0.15) is 23.0 Å². The SMILES string of the molecule is CCOC(=O)c1cc2cc(Br)cc(C)c2o1. The number of furan rings is 1. The standard InChI is InChI=1S/C12H11BrO3/c1-3-15-12(14)10-6-8-5-9(13)4-7(2)11(8)16-10/h4-6H,3H2,1-2H3. The maximum absolute atomic E-state index is 11.5. The van der Waals surface area contributed by atoms with E-state index in [1.54, 1.807) is 13.0 Å². The number of esters is 1. The Morgan fingerprint density at radius 2 is 2.19 bits per heavy atom. The summed E-state index contributed by atoms with van der Waals surface area (Å²) in [5.74, 6) is -0.174. The van der Waals surface area contributed by atoms with Crippen molar-refractivity contribution in [1.29, 1.82) is 0 Å². The number of ether oxygens (including phenoxy) is 1. The van der Waals surface area contributed by atoms with Crippen molar-refractivity contribution in [1.82, 2.24) is 0 Å². The third kappa shape index (κ3) is 1.97. The van der Waals surface area contributed by atoms with Gasteiger partial charge < -0.3 is 9.15 Å². The average Bonchev–Trinajstić information content (AvgIpc) is 2.62. The summed E-state index contributed by atoms with van der Waals surface area (Å²) in [5, 5.41) is 0.898. The summed E-state index contributed by atoms with van der Waals surface area (Å²) in [6.07, 6.45) is 0. The van der Waals surface area contributed by atoms with E-state index >= 15 is 0 Å². The molecule has 0 aliphatic carbocycles. The number of carbonyl (C=O) groups excluding carboxylic acids is 1. The lowest BCUT2D eigenvalue weighted by Gasteiger charge is -1.96. The van der Waals surface area contributed by atoms with Crippen LogP contribution in [-0.2, 0) is 4.74 Å². The second-order valence-electron chi connectivity index (χ2n) is 3.47. The summed E-state index contributed by atoms with van der Waals surface area (Å²) in [7, 11) is 0. The van der Waals surface area contributed by atoms with Gasteiger partial charge in [-0.05, 0) is 37.6 Å². The van der Waals surface area contributed by atoms with Crippen LogP contribution in [0, 0.1) is 6.92 Å². The number of benzene rings is 1. The minimum atomic E-state index is -0.422. The van der Waals surface area contributed by atoms with E-state index in [1.807, 2.05) is 19.1 Å². The molecule has 0 saturated carbocycles. The first kappa shape index (κ1) is 11.2. The highest BCUT2D eigenvalue weighted by atomic mass is 79.9. The van der Waals surface area contributed by atoms with Crippen molar-refractivity contribution < 1.29 is 13.9 Å². The zero-order chi connectivity index (χ0) is 11.7. The number of hydrogen-bond donors (Lipinski definition) is 0. The monoisotopic (exact) mass is 282 g/mol. The third-order valence-electron chi connectivity index (χ3n) is 2.24. The Balaban J connectivity index is 2.51. The van der Waals surface area contributed by atoms with Gasteiger partial charge in [0, 0.05) is 9.86 Å². The summed E-state index contributed by atoms with van der Waals surface area (Å²) in [4.78, 5) is 11.5. The van der Waals surface area contributed by atoms with Gasteiger partial charge in [0.15, 0.2) is 0 Å². The van der Waals surface area contributed by atoms with Crippen LogP contribution >= 0.6 is 15.9 Å². The van der Waals surface area contributed by atoms with Gasteiger partial charge >= 0.3 is 5.97 Å². The van der Waals surface area contributed by atoms with E-state index in [2.05, 4.69) is 15.9 Å². The summed E-state index contributed by atoms with van der Waals surface area (Å²) in [5.41, 5.74) is 1.71. The Morgan fingerprint density at radius 1 is 1.44 bits per heavy atom. The molecule has 0 radical (unpaired) electrons. The Hall–Kier alpha value is -1.29. The smallest absolute Gasteiger partial charge is 0.374 e. The van der Waals surface area contributed by atoms with Crippen LogP contribution < -0.4 is 0 Å². The van der Waals surface area contributed by atoms with Gasteiger partial charge in [-0.1, -0.05) is 15.9 Å². The van der Waals surface area contributed by atoms with E-state index in [-0.39, 0.29) is 5.76 Å². The molecule has 0 aliphatic rings. The summed E-state index contributed by atoms with van der Waals surface area (Å²) >= 11 is 3.40. The summed E-state index contributed by atoms with van der Waals surface area (Å²) in [6, 6.07) is 5.56. The fourth-order valence-corrected chi connectivity index (χ4v) is 2.18. The number of rotatable bonds is 2. The van der Waals surface area contributed by atoms with Gasteiger partial charge in [0.2, 0.25) is 5.76 Å². The molecule has 16 heavy (non-hydrogen) atoms. The van der Waals surface area contributed by atoms with E-state index in [1.165, 1.54) is 0 Å². The zero-order valence-electron chi connectivity index (χ0n) is 9.04. The van der Waals surface area contributed by atoms with E-state index in [4.69, 9.17) is 9.15 Å². The molecule has 0 fully saturated rings. The average molecular weight is 283 g/mol. The minimum absolute atomic E-state index is 0.248. The molecule has 0 amide bonds. The van der Waals surface area contributed by atoms with E-state index < -0.39 is 5.97 Å². The van der Waals surface area contributed by atoms with Crippen molar-refractivity contribution in [2.45, 2.75) is 13.8 Å². The molecule has 2 aromatic rings. The van der Waals surface area contributed by atoms with Gasteiger partial charge in [-0.25, -0.2) is 4.79 Å². The van der Waals surface area contributed by atoms with E-state index in [9.17, 15) is 4.79 Å². The number of fused-ring (bicyclic) bond motifs is 1. The van der Waals surface area contributed by atoms with Crippen molar-refractivity contribution >= 4 is 32.9 Å². The lowest BCUT2D eigenvalue weighted by Crippen LogP contribution is -2.02. The van der Waals surface area contributed by atoms with Crippen LogP contribution in [0.4, 0.5) is 0 Å². The molecule has 0 N–H and O–H groups in total. The molecule has 2 rings (SSSR count). The van der Waals surface area contributed by atoms with Crippen LogP contribution in [0.15, 0.2) is 27.1 Å². The Labute approximate surface area is 102 Å². The Bertz CT molecular complexity index is 542. The van der Waals surface area contributed by atoms with Crippen LogP contribution in [0.5, 0.6) is 0 Å². The van der Waals surface area contributed by atoms with Gasteiger partial charge in [0.1, 0.15) is 5.58 Å². The van der Waals surface area contributed by atoms with Crippen molar-refractivity contribution in [2.24, 2.45) is 0 Å². The molecule has 0 unspecified atom stereocenters. The third-order valence-corrected chi connectivity index (χ3v) is 2.70. The molecule has 1 heterocycles. The molecule has 0 spiro atoms. The first-order chi connectivity index (χ1) is 7.61. The molecule has 3 nitrogen and oxygen atoms in total. The number of aryl methyl sites for hydroxylation is 1. The summed E-state index contributed by atoms with van der Waals surface area (Å²) < 4.78 is 11.3. The molecule has 0 saturated heterocycles. The van der Waals surface area contributed by atoms with Crippen LogP contribution in [0.25, 0.3) is 11.0 Å². The molecule has 0 bridgehead atoms. The van der Waals surface area contributed by atoms with E-state index in [0.29, 0.717) is 6.61 Å². The normalized spacial score (nSPS) is 10.7. The van der Waals surface area contributed by atoms with Crippen molar-refractivity contribution in [3.63, 3.8) is 0 Å². The second kappa shape index (κ2) is 4.29. The lowest BCUT2D eigenvalue weighted by atomic mass is 10.2. The van der Waals surface area contributed by atoms with Gasteiger partial charge in [-0.3, -0.25) is 0 Å². The topological polar surface area (TPSA) is 39.4 Å². The predicted octanol–water partition coefficient (Wildman–Crippen LogP) is 3.68. The number of carbonyl (C=O) groups is 1. The van der Waals surface area contributed by atoms with Crippen molar-refractivity contribution in [3.05, 3.63) is 34.0 Å². The Morgan fingerprint density at radius 3 is 2.88 bits per heavy atom. The molecule has 0 atom stereocenters. The fraction of sp³-hybridized carbons (Fsp3) is 0.250. The molecule has 1 aromatic heterocycles. The Kier molecular flexibility index (Phi) is 3.01. The largest absolute Gasteiger partial charge is 0.460 e. The molecule has 0 aliphatic heterocycles. The first-order valence-corrected chi connectivity index (χ1v) is 5.78. The number of hydrogen-bond acceptors (Lipinski definition) is 3. The van der Waals surface area contributed by atoms with Crippen molar-refractivity contribution in [3.8, 4) is 0 Å². The molecular formula is C12H11BrO3. The lowest BCUT2D eigenvalue weighted by molar-refractivity contribution is 0.0492. The molecular weight excluding hydrogens is 272 g/mol. The van der Waals surface area contributed by atoms with Gasteiger partial charge in [-0.15, -0.1) is 0 Å². The van der Waals surface area contributed by atoms with E-state index in [0.717, 1.165) is 21.0 Å². The quantitative estimate of drug-likeness (QED) is 0.789. The van der Waals surface area contributed by atoms with Gasteiger partial charge in [0.05, 0.1) is 6.61 Å². The number of halogens is 1. The van der Waals surface area contributed by atoms with Crippen LogP contribution in [0.2, 0.25) is 0 Å². The van der Waals surface area contributed by atoms with Gasteiger partial charge in [0.25, 0.3) is 0 Å².